The number of hydrogen-bond donors (Lipinski definition) is 1. The van der Waals surface area contributed by atoms with Gasteiger partial charge in [0.2, 0.25) is 10.0 Å². The lowest BCUT2D eigenvalue weighted by Gasteiger charge is -2.44. The summed E-state index contributed by atoms with van der Waals surface area (Å²) in [4.78, 5) is 2.73. The second-order valence-corrected chi connectivity index (χ2v) is 8.59. The molecule has 25 heavy (non-hydrogen) atoms. The molecule has 1 saturated heterocycles. The van der Waals surface area contributed by atoms with Crippen LogP contribution in [0.25, 0.3) is 0 Å². The molecule has 1 aliphatic heterocycles. The highest BCUT2D eigenvalue weighted by molar-refractivity contribution is 7.89. The standard InChI is InChI=1S/C20H26N2O2S/c1-20(18-11-5-2-6-12-18,22-15-9-4-10-16-22)17-21-25(23,24)19-13-7-3-8-14-19/h2-3,5-8,11-14,21H,4,9-10,15-17H2,1H3/t20-/m0/s1. The monoisotopic (exact) mass is 358 g/mol. The molecule has 4 nitrogen and oxygen atoms in total. The molecule has 1 atom stereocenters. The molecule has 0 radical (unpaired) electrons. The van der Waals surface area contributed by atoms with Crippen LogP contribution in [-0.2, 0) is 15.6 Å². The van der Waals surface area contributed by atoms with Crippen molar-refractivity contribution in [2.45, 2.75) is 36.6 Å². The molecule has 1 fully saturated rings. The first kappa shape index (κ1) is 18.1. The van der Waals surface area contributed by atoms with Gasteiger partial charge in [0.05, 0.1) is 10.4 Å². The van der Waals surface area contributed by atoms with Crippen molar-refractivity contribution in [2.24, 2.45) is 0 Å². The van der Waals surface area contributed by atoms with Crippen LogP contribution in [0.4, 0.5) is 0 Å². The first-order valence-corrected chi connectivity index (χ1v) is 10.4. The number of benzene rings is 2. The Morgan fingerprint density at radius 1 is 0.920 bits per heavy atom. The van der Waals surface area contributed by atoms with Gasteiger partial charge in [-0.05, 0) is 50.6 Å². The number of nitrogens with one attached hydrogen (secondary N) is 1. The van der Waals surface area contributed by atoms with E-state index < -0.39 is 10.0 Å². The molecule has 0 aliphatic carbocycles. The first-order chi connectivity index (χ1) is 12.0. The summed E-state index contributed by atoms with van der Waals surface area (Å²) in [5, 5.41) is 0. The van der Waals surface area contributed by atoms with Crippen molar-refractivity contribution in [3.8, 4) is 0 Å². The van der Waals surface area contributed by atoms with Crippen LogP contribution >= 0.6 is 0 Å². The fourth-order valence-electron chi connectivity index (χ4n) is 3.50. The van der Waals surface area contributed by atoms with E-state index in [0.717, 1.165) is 31.5 Å². The van der Waals surface area contributed by atoms with Gasteiger partial charge in [0, 0.05) is 6.54 Å². The highest BCUT2D eigenvalue weighted by Crippen LogP contribution is 2.31. The minimum absolute atomic E-state index is 0.309. The summed E-state index contributed by atoms with van der Waals surface area (Å²) in [5.74, 6) is 0. The summed E-state index contributed by atoms with van der Waals surface area (Å²) >= 11 is 0. The maximum atomic E-state index is 12.7. The second kappa shape index (κ2) is 7.68. The van der Waals surface area contributed by atoms with Gasteiger partial charge >= 0.3 is 0 Å². The third-order valence-electron chi connectivity index (χ3n) is 5.11. The van der Waals surface area contributed by atoms with E-state index in [-0.39, 0.29) is 5.54 Å². The summed E-state index contributed by atoms with van der Waals surface area (Å²) in [7, 11) is -3.52. The summed E-state index contributed by atoms with van der Waals surface area (Å²) in [6.45, 7) is 4.49. The van der Waals surface area contributed by atoms with Gasteiger partial charge in [-0.3, -0.25) is 4.90 Å². The molecule has 1 heterocycles. The Balaban J connectivity index is 1.85. The van der Waals surface area contributed by atoms with E-state index in [1.54, 1.807) is 24.3 Å². The molecule has 134 valence electrons. The molecule has 0 aromatic heterocycles. The maximum absolute atomic E-state index is 12.7. The molecule has 3 rings (SSSR count). The van der Waals surface area contributed by atoms with Gasteiger partial charge in [0.1, 0.15) is 0 Å². The van der Waals surface area contributed by atoms with Crippen molar-refractivity contribution in [3.05, 3.63) is 66.2 Å². The number of likely N-dealkylation sites (tertiary alicyclic amines) is 1. The van der Waals surface area contributed by atoms with Crippen LogP contribution in [0.3, 0.4) is 0 Å². The largest absolute Gasteiger partial charge is 0.293 e. The number of rotatable bonds is 6. The van der Waals surface area contributed by atoms with Gasteiger partial charge in [0.25, 0.3) is 0 Å². The van der Waals surface area contributed by atoms with E-state index in [1.807, 2.05) is 24.3 Å². The van der Waals surface area contributed by atoms with Crippen LogP contribution < -0.4 is 4.72 Å². The average molecular weight is 359 g/mol. The molecule has 0 saturated carbocycles. The zero-order valence-electron chi connectivity index (χ0n) is 14.7. The Hall–Kier alpha value is -1.69. The number of piperidine rings is 1. The lowest BCUT2D eigenvalue weighted by atomic mass is 9.88. The van der Waals surface area contributed by atoms with E-state index in [1.165, 1.54) is 6.42 Å². The quantitative estimate of drug-likeness (QED) is 0.861. The number of hydrogen-bond acceptors (Lipinski definition) is 3. The Kier molecular flexibility index (Phi) is 5.57. The molecule has 2 aromatic rings. The lowest BCUT2D eigenvalue weighted by molar-refractivity contribution is 0.0823. The summed E-state index contributed by atoms with van der Waals surface area (Å²) < 4.78 is 28.2. The highest BCUT2D eigenvalue weighted by atomic mass is 32.2. The van der Waals surface area contributed by atoms with Gasteiger partial charge < -0.3 is 0 Å². The van der Waals surface area contributed by atoms with E-state index in [0.29, 0.717) is 11.4 Å². The minimum Gasteiger partial charge on any atom is -0.293 e. The average Bonchev–Trinajstić information content (AvgIpc) is 2.68. The fraction of sp³-hybridized carbons (Fsp3) is 0.400. The predicted octanol–water partition coefficient (Wildman–Crippen LogP) is 3.37. The second-order valence-electron chi connectivity index (χ2n) is 6.83. The molecule has 0 unspecified atom stereocenters. The highest BCUT2D eigenvalue weighted by Gasteiger charge is 2.35. The zero-order chi connectivity index (χ0) is 17.8. The fourth-order valence-corrected chi connectivity index (χ4v) is 4.65. The Morgan fingerprint density at radius 2 is 1.48 bits per heavy atom. The van der Waals surface area contributed by atoms with Gasteiger partial charge in [-0.25, -0.2) is 13.1 Å². The minimum atomic E-state index is -3.52. The van der Waals surface area contributed by atoms with Gasteiger partial charge in [0.15, 0.2) is 0 Å². The normalized spacial score (nSPS) is 18.6. The molecule has 0 spiro atoms. The Morgan fingerprint density at radius 3 is 2.08 bits per heavy atom. The van der Waals surface area contributed by atoms with Crippen molar-refractivity contribution in [1.82, 2.24) is 9.62 Å². The summed E-state index contributed by atoms with van der Waals surface area (Å²) in [6.07, 6.45) is 3.57. The molecule has 1 N–H and O–H groups in total. The first-order valence-electron chi connectivity index (χ1n) is 8.88. The molecule has 0 bridgehead atoms. The van der Waals surface area contributed by atoms with Crippen LogP contribution in [-0.4, -0.2) is 33.0 Å². The molecule has 1 aliphatic rings. The predicted molar refractivity (Wildman–Crippen MR) is 101 cm³/mol. The Labute approximate surface area is 150 Å². The van der Waals surface area contributed by atoms with Crippen molar-refractivity contribution in [1.29, 1.82) is 0 Å². The van der Waals surface area contributed by atoms with Gasteiger partial charge in [-0.2, -0.15) is 0 Å². The topological polar surface area (TPSA) is 49.4 Å². The molecule has 5 heteroatoms. The molecular weight excluding hydrogens is 332 g/mol. The van der Waals surface area contributed by atoms with Crippen LogP contribution in [0.2, 0.25) is 0 Å². The third-order valence-corrected chi connectivity index (χ3v) is 6.53. The molecule has 0 amide bonds. The van der Waals surface area contributed by atoms with Crippen LogP contribution in [0.15, 0.2) is 65.6 Å². The third kappa shape index (κ3) is 4.11. The molecular formula is C20H26N2O2S. The van der Waals surface area contributed by atoms with Crippen LogP contribution in [0.1, 0.15) is 31.7 Å². The van der Waals surface area contributed by atoms with Crippen molar-refractivity contribution < 1.29 is 8.42 Å². The number of sulfonamides is 1. The van der Waals surface area contributed by atoms with Crippen LogP contribution in [0.5, 0.6) is 0 Å². The van der Waals surface area contributed by atoms with Crippen molar-refractivity contribution >= 4 is 10.0 Å². The summed E-state index contributed by atoms with van der Waals surface area (Å²) in [5.41, 5.74) is 0.788. The Bertz CT molecular complexity index is 772. The van der Waals surface area contributed by atoms with E-state index >= 15 is 0 Å². The lowest BCUT2D eigenvalue weighted by Crippen LogP contribution is -2.53. The van der Waals surface area contributed by atoms with E-state index in [2.05, 4.69) is 28.7 Å². The van der Waals surface area contributed by atoms with Crippen molar-refractivity contribution in [3.63, 3.8) is 0 Å². The van der Waals surface area contributed by atoms with Crippen molar-refractivity contribution in [2.75, 3.05) is 19.6 Å². The zero-order valence-corrected chi connectivity index (χ0v) is 15.5. The number of nitrogens with zero attached hydrogens (tertiary/aromatic N) is 1. The molecule has 2 aromatic carbocycles. The smallest absolute Gasteiger partial charge is 0.240 e. The maximum Gasteiger partial charge on any atom is 0.240 e. The van der Waals surface area contributed by atoms with Gasteiger partial charge in [-0.15, -0.1) is 0 Å². The van der Waals surface area contributed by atoms with Gasteiger partial charge in [-0.1, -0.05) is 55.0 Å². The van der Waals surface area contributed by atoms with Crippen LogP contribution in [0, 0.1) is 0 Å². The van der Waals surface area contributed by atoms with E-state index in [9.17, 15) is 8.42 Å². The SMILES string of the molecule is C[C@](CNS(=O)(=O)c1ccccc1)(c1ccccc1)N1CCCCC1. The van der Waals surface area contributed by atoms with E-state index in [4.69, 9.17) is 0 Å². The summed E-state index contributed by atoms with van der Waals surface area (Å²) in [6, 6.07) is 18.8.